The van der Waals surface area contributed by atoms with E-state index in [0.717, 1.165) is 38.0 Å². The van der Waals surface area contributed by atoms with E-state index in [4.69, 9.17) is 0 Å². The van der Waals surface area contributed by atoms with Crippen LogP contribution in [0.2, 0.25) is 0 Å². The van der Waals surface area contributed by atoms with E-state index in [2.05, 4.69) is 20.5 Å². The molecule has 0 atom stereocenters. The fraction of sp³-hybridized carbons (Fsp3) is 0.444. The van der Waals surface area contributed by atoms with Crippen LogP contribution in [0.4, 0.5) is 5.13 Å². The van der Waals surface area contributed by atoms with Crippen LogP contribution in [0.1, 0.15) is 39.6 Å². The standard InChI is InChI=1S/C18H24N4OS.ClH/c1-22(2)12-13-4-3-5-15(10-13)17(23)21-18-20-11-16(24-18)14-6-8-19-9-7-14;/h3-5,10-11,14,19H,6-9,12H2,1-2H3,(H,20,21,23);1H. The zero-order chi connectivity index (χ0) is 16.9. The van der Waals surface area contributed by atoms with E-state index in [1.165, 1.54) is 4.88 Å². The summed E-state index contributed by atoms with van der Waals surface area (Å²) in [5.41, 5.74) is 1.80. The summed E-state index contributed by atoms with van der Waals surface area (Å²) in [6.07, 6.45) is 4.20. The number of piperidine rings is 1. The molecular formula is C18H25ClN4OS. The number of nitrogens with zero attached hydrogens (tertiary/aromatic N) is 2. The number of carbonyl (C=O) groups is 1. The summed E-state index contributed by atoms with van der Waals surface area (Å²) in [6, 6.07) is 7.75. The summed E-state index contributed by atoms with van der Waals surface area (Å²) in [6.45, 7) is 2.93. The van der Waals surface area contributed by atoms with Gasteiger partial charge in [0, 0.05) is 23.2 Å². The number of amides is 1. The molecule has 136 valence electrons. The molecule has 0 radical (unpaired) electrons. The van der Waals surface area contributed by atoms with Gasteiger partial charge in [-0.05, 0) is 63.6 Å². The van der Waals surface area contributed by atoms with Crippen LogP contribution in [0.5, 0.6) is 0 Å². The van der Waals surface area contributed by atoms with Gasteiger partial charge in [-0.1, -0.05) is 12.1 Å². The van der Waals surface area contributed by atoms with Crippen molar-refractivity contribution in [2.45, 2.75) is 25.3 Å². The van der Waals surface area contributed by atoms with Crippen molar-refractivity contribution in [2.75, 3.05) is 32.5 Å². The van der Waals surface area contributed by atoms with Crippen molar-refractivity contribution in [1.82, 2.24) is 15.2 Å². The Morgan fingerprint density at radius 3 is 2.84 bits per heavy atom. The van der Waals surface area contributed by atoms with Gasteiger partial charge in [0.15, 0.2) is 5.13 Å². The quantitative estimate of drug-likeness (QED) is 0.835. The maximum absolute atomic E-state index is 12.5. The third-order valence-electron chi connectivity index (χ3n) is 4.17. The number of benzene rings is 1. The lowest BCUT2D eigenvalue weighted by atomic mass is 9.97. The van der Waals surface area contributed by atoms with Crippen LogP contribution in [-0.4, -0.2) is 43.0 Å². The minimum Gasteiger partial charge on any atom is -0.317 e. The van der Waals surface area contributed by atoms with Crippen molar-refractivity contribution in [3.8, 4) is 0 Å². The number of halogens is 1. The van der Waals surface area contributed by atoms with E-state index in [0.29, 0.717) is 16.6 Å². The van der Waals surface area contributed by atoms with Gasteiger partial charge < -0.3 is 10.2 Å². The topological polar surface area (TPSA) is 57.3 Å². The van der Waals surface area contributed by atoms with Gasteiger partial charge in [0.2, 0.25) is 0 Å². The van der Waals surface area contributed by atoms with Gasteiger partial charge in [-0.2, -0.15) is 0 Å². The Hall–Kier alpha value is -1.47. The van der Waals surface area contributed by atoms with E-state index in [1.807, 2.05) is 44.6 Å². The van der Waals surface area contributed by atoms with Crippen molar-refractivity contribution in [3.05, 3.63) is 46.5 Å². The van der Waals surface area contributed by atoms with Gasteiger partial charge in [-0.15, -0.1) is 23.7 Å². The maximum atomic E-state index is 12.5. The maximum Gasteiger partial charge on any atom is 0.257 e. The van der Waals surface area contributed by atoms with Crippen molar-refractivity contribution in [1.29, 1.82) is 0 Å². The zero-order valence-electron chi connectivity index (χ0n) is 14.6. The lowest BCUT2D eigenvalue weighted by molar-refractivity contribution is 0.102. The van der Waals surface area contributed by atoms with Gasteiger partial charge in [0.1, 0.15) is 0 Å². The molecule has 1 aliphatic heterocycles. The van der Waals surface area contributed by atoms with Gasteiger partial charge in [-0.25, -0.2) is 4.98 Å². The van der Waals surface area contributed by atoms with Crippen LogP contribution in [0.3, 0.4) is 0 Å². The molecule has 0 unspecified atom stereocenters. The Balaban J connectivity index is 0.00000225. The minimum atomic E-state index is -0.0955. The molecule has 2 N–H and O–H groups in total. The van der Waals surface area contributed by atoms with Crippen LogP contribution in [0, 0.1) is 0 Å². The second kappa shape index (κ2) is 9.29. The molecule has 0 aliphatic carbocycles. The van der Waals surface area contributed by atoms with E-state index >= 15 is 0 Å². The summed E-state index contributed by atoms with van der Waals surface area (Å²) in [5.74, 6) is 0.472. The third-order valence-corrected chi connectivity index (χ3v) is 5.25. The Labute approximate surface area is 159 Å². The predicted molar refractivity (Wildman–Crippen MR) is 106 cm³/mol. The number of carbonyl (C=O) groups excluding carboxylic acids is 1. The number of anilines is 1. The van der Waals surface area contributed by atoms with Crippen molar-refractivity contribution in [3.63, 3.8) is 0 Å². The van der Waals surface area contributed by atoms with E-state index in [9.17, 15) is 4.79 Å². The largest absolute Gasteiger partial charge is 0.317 e. The molecule has 2 aromatic rings. The highest BCUT2D eigenvalue weighted by Crippen LogP contribution is 2.31. The molecule has 1 aromatic carbocycles. The Bertz CT molecular complexity index is 698. The molecule has 1 aliphatic rings. The highest BCUT2D eigenvalue weighted by atomic mass is 35.5. The molecule has 0 spiro atoms. The van der Waals surface area contributed by atoms with E-state index < -0.39 is 0 Å². The average molecular weight is 381 g/mol. The van der Waals surface area contributed by atoms with Crippen LogP contribution < -0.4 is 10.6 Å². The first-order valence-electron chi connectivity index (χ1n) is 8.33. The molecule has 1 aromatic heterocycles. The lowest BCUT2D eigenvalue weighted by Gasteiger charge is -2.20. The number of aromatic nitrogens is 1. The molecule has 25 heavy (non-hydrogen) atoms. The summed E-state index contributed by atoms with van der Waals surface area (Å²) in [4.78, 5) is 20.2. The molecule has 7 heteroatoms. The van der Waals surface area contributed by atoms with Gasteiger partial charge in [-0.3, -0.25) is 10.1 Å². The fourth-order valence-corrected chi connectivity index (χ4v) is 3.97. The number of hydrogen-bond donors (Lipinski definition) is 2. The second-order valence-electron chi connectivity index (χ2n) is 6.48. The predicted octanol–water partition coefficient (Wildman–Crippen LogP) is 3.35. The smallest absolute Gasteiger partial charge is 0.257 e. The molecule has 2 heterocycles. The highest BCUT2D eigenvalue weighted by Gasteiger charge is 2.18. The second-order valence-corrected chi connectivity index (χ2v) is 7.55. The van der Waals surface area contributed by atoms with Crippen LogP contribution in [-0.2, 0) is 6.54 Å². The first-order chi connectivity index (χ1) is 11.6. The summed E-state index contributed by atoms with van der Waals surface area (Å²) >= 11 is 1.60. The lowest BCUT2D eigenvalue weighted by Crippen LogP contribution is -2.26. The Morgan fingerprint density at radius 2 is 2.12 bits per heavy atom. The molecule has 1 fully saturated rings. The highest BCUT2D eigenvalue weighted by molar-refractivity contribution is 7.15. The Morgan fingerprint density at radius 1 is 1.36 bits per heavy atom. The zero-order valence-corrected chi connectivity index (χ0v) is 16.3. The molecular weight excluding hydrogens is 356 g/mol. The van der Waals surface area contributed by atoms with Crippen LogP contribution in [0.25, 0.3) is 0 Å². The van der Waals surface area contributed by atoms with Crippen LogP contribution in [0.15, 0.2) is 30.5 Å². The normalized spacial score (nSPS) is 15.0. The number of hydrogen-bond acceptors (Lipinski definition) is 5. The fourth-order valence-electron chi connectivity index (χ4n) is 2.98. The number of thiazole rings is 1. The van der Waals surface area contributed by atoms with E-state index in [1.54, 1.807) is 11.3 Å². The van der Waals surface area contributed by atoms with Gasteiger partial charge >= 0.3 is 0 Å². The first kappa shape index (κ1) is 19.8. The minimum absolute atomic E-state index is 0. The van der Waals surface area contributed by atoms with Gasteiger partial charge in [0.25, 0.3) is 5.91 Å². The molecule has 0 saturated carbocycles. The molecule has 1 saturated heterocycles. The SMILES string of the molecule is CN(C)Cc1cccc(C(=O)Nc2ncc(C3CCNCC3)s2)c1.Cl. The Kier molecular flexibility index (Phi) is 7.38. The van der Waals surface area contributed by atoms with Crippen molar-refractivity contribution in [2.24, 2.45) is 0 Å². The monoisotopic (exact) mass is 380 g/mol. The summed E-state index contributed by atoms with van der Waals surface area (Å²) < 4.78 is 0. The van der Waals surface area contributed by atoms with Gasteiger partial charge in [0.05, 0.1) is 0 Å². The molecule has 1 amide bonds. The van der Waals surface area contributed by atoms with Crippen LogP contribution >= 0.6 is 23.7 Å². The van der Waals surface area contributed by atoms with Crippen molar-refractivity contribution < 1.29 is 4.79 Å². The number of nitrogens with one attached hydrogen (secondary N) is 2. The molecule has 5 nitrogen and oxygen atoms in total. The molecule has 0 bridgehead atoms. The summed E-state index contributed by atoms with van der Waals surface area (Å²) in [7, 11) is 4.04. The third kappa shape index (κ3) is 5.51. The molecule has 3 rings (SSSR count). The van der Waals surface area contributed by atoms with E-state index in [-0.39, 0.29) is 18.3 Å². The van der Waals surface area contributed by atoms with Crippen molar-refractivity contribution >= 4 is 34.8 Å². The number of rotatable bonds is 5. The first-order valence-corrected chi connectivity index (χ1v) is 9.15. The average Bonchev–Trinajstić information content (AvgIpc) is 3.04. The summed E-state index contributed by atoms with van der Waals surface area (Å²) in [5, 5.41) is 7.00.